The highest BCUT2D eigenvalue weighted by Gasteiger charge is 2.44. The summed E-state index contributed by atoms with van der Waals surface area (Å²) < 4.78 is 13.0. The zero-order chi connectivity index (χ0) is 36.3. The van der Waals surface area contributed by atoms with Crippen LogP contribution in [0.15, 0.2) is 109 Å². The molecule has 0 aliphatic carbocycles. The van der Waals surface area contributed by atoms with Gasteiger partial charge in [0.2, 0.25) is 0 Å². The first-order chi connectivity index (χ1) is 25.0. The Morgan fingerprint density at radius 2 is 0.923 bits per heavy atom. The minimum Gasteiger partial charge on any atom is -0.508 e. The highest BCUT2D eigenvalue weighted by Crippen LogP contribution is 2.59. The number of phenolic OH excluding ortho intramolecular Hbond substituents is 8. The van der Waals surface area contributed by atoms with Crippen molar-refractivity contribution in [3.05, 3.63) is 154 Å². The van der Waals surface area contributed by atoms with Crippen molar-refractivity contribution in [2.24, 2.45) is 0 Å². The first kappa shape index (κ1) is 32.3. The van der Waals surface area contributed by atoms with Crippen molar-refractivity contribution in [1.82, 2.24) is 0 Å². The maximum Gasteiger partial charge on any atom is 0.138 e. The van der Waals surface area contributed by atoms with Crippen LogP contribution in [0.25, 0.3) is 12.2 Å². The largest absolute Gasteiger partial charge is 0.508 e. The lowest BCUT2D eigenvalue weighted by atomic mass is 9.81. The van der Waals surface area contributed by atoms with Gasteiger partial charge in [-0.15, -0.1) is 0 Å². The van der Waals surface area contributed by atoms with E-state index in [1.807, 2.05) is 12.2 Å². The summed E-state index contributed by atoms with van der Waals surface area (Å²) in [5.41, 5.74) is 4.23. The Balaban J connectivity index is 1.25. The van der Waals surface area contributed by atoms with Crippen molar-refractivity contribution in [3.8, 4) is 57.5 Å². The van der Waals surface area contributed by atoms with Crippen LogP contribution in [-0.2, 0) is 0 Å². The Morgan fingerprint density at radius 3 is 1.60 bits per heavy atom. The van der Waals surface area contributed by atoms with E-state index in [0.717, 1.165) is 5.56 Å². The average Bonchev–Trinajstić information content (AvgIpc) is 3.68. The van der Waals surface area contributed by atoms with Crippen LogP contribution in [0.1, 0.15) is 68.6 Å². The molecule has 8 N–H and O–H groups in total. The summed E-state index contributed by atoms with van der Waals surface area (Å²) in [7, 11) is 0. The normalized spacial score (nSPS) is 18.8. The van der Waals surface area contributed by atoms with Crippen LogP contribution in [0.5, 0.6) is 57.5 Å². The van der Waals surface area contributed by atoms with Gasteiger partial charge in [-0.1, -0.05) is 36.4 Å². The van der Waals surface area contributed by atoms with Crippen LogP contribution in [0.4, 0.5) is 0 Å². The Hall–Kier alpha value is -6.94. The molecule has 0 amide bonds. The van der Waals surface area contributed by atoms with Crippen molar-refractivity contribution in [2.75, 3.05) is 0 Å². The van der Waals surface area contributed by atoms with Gasteiger partial charge >= 0.3 is 0 Å². The number of rotatable bonds is 6. The Kier molecular flexibility index (Phi) is 7.72. The third-order valence-electron chi connectivity index (χ3n) is 9.57. The lowest BCUT2D eigenvalue weighted by molar-refractivity contribution is 0.215. The molecule has 0 saturated heterocycles. The average molecular weight is 697 g/mol. The number of hydrogen-bond donors (Lipinski definition) is 8. The van der Waals surface area contributed by atoms with Gasteiger partial charge in [0.05, 0.1) is 11.8 Å². The molecule has 6 aromatic carbocycles. The molecule has 0 aromatic heterocycles. The number of benzene rings is 6. The molecule has 2 heterocycles. The number of hydrogen-bond acceptors (Lipinski definition) is 10. The molecular weight excluding hydrogens is 664 g/mol. The third kappa shape index (κ3) is 5.75. The topological polar surface area (TPSA) is 180 Å². The fourth-order valence-corrected chi connectivity index (χ4v) is 7.27. The van der Waals surface area contributed by atoms with Gasteiger partial charge in [-0.3, -0.25) is 0 Å². The fourth-order valence-electron chi connectivity index (χ4n) is 7.27. The molecule has 0 fully saturated rings. The second-order valence-corrected chi connectivity index (χ2v) is 13.0. The first-order valence-electron chi connectivity index (χ1n) is 16.4. The van der Waals surface area contributed by atoms with Crippen molar-refractivity contribution in [3.63, 3.8) is 0 Å². The van der Waals surface area contributed by atoms with Crippen molar-refractivity contribution >= 4 is 12.2 Å². The van der Waals surface area contributed by atoms with Gasteiger partial charge in [-0.25, -0.2) is 0 Å². The molecule has 1 unspecified atom stereocenters. The van der Waals surface area contributed by atoms with Gasteiger partial charge in [0.1, 0.15) is 69.7 Å². The molecule has 0 bridgehead atoms. The van der Waals surface area contributed by atoms with E-state index in [1.165, 1.54) is 48.5 Å². The van der Waals surface area contributed by atoms with Crippen molar-refractivity contribution in [1.29, 1.82) is 0 Å². The van der Waals surface area contributed by atoms with Crippen LogP contribution in [0.3, 0.4) is 0 Å². The smallest absolute Gasteiger partial charge is 0.138 e. The Morgan fingerprint density at radius 1 is 0.385 bits per heavy atom. The maximum absolute atomic E-state index is 11.8. The van der Waals surface area contributed by atoms with Gasteiger partial charge in [0, 0.05) is 28.8 Å². The van der Waals surface area contributed by atoms with Gasteiger partial charge in [0.15, 0.2) is 0 Å². The van der Waals surface area contributed by atoms with Gasteiger partial charge < -0.3 is 50.3 Å². The SMILES string of the molecule is Oc1ccc(/C=C/c2cc(O)c3c(c2)O[C@H](c2ccc(O)cc2)[C@H]3c2cc(O)c3c(c2)O[C@H](c2ccc(O)cc2O)C3c2cc(O)cc(O)c2)cc1. The van der Waals surface area contributed by atoms with Crippen LogP contribution < -0.4 is 9.47 Å². The fraction of sp³-hybridized carbons (Fsp3) is 0.0952. The summed E-state index contributed by atoms with van der Waals surface area (Å²) in [6.45, 7) is 0. The minimum atomic E-state index is -0.950. The lowest BCUT2D eigenvalue weighted by Crippen LogP contribution is -2.12. The Labute approximate surface area is 297 Å². The number of aromatic hydroxyl groups is 8. The molecule has 0 spiro atoms. The van der Waals surface area contributed by atoms with Crippen molar-refractivity contribution in [2.45, 2.75) is 24.0 Å². The zero-order valence-electron chi connectivity index (χ0n) is 27.3. The van der Waals surface area contributed by atoms with E-state index in [1.54, 1.807) is 60.7 Å². The molecule has 10 heteroatoms. The maximum atomic E-state index is 11.8. The van der Waals surface area contributed by atoms with Crippen LogP contribution >= 0.6 is 0 Å². The van der Waals surface area contributed by atoms with Gasteiger partial charge in [-0.05, 0) is 101 Å². The second kappa shape index (κ2) is 12.4. The quantitative estimate of drug-likeness (QED) is 0.0795. The molecule has 2 aliphatic heterocycles. The van der Waals surface area contributed by atoms with E-state index in [0.29, 0.717) is 44.7 Å². The predicted molar refractivity (Wildman–Crippen MR) is 191 cm³/mol. The summed E-state index contributed by atoms with van der Waals surface area (Å²) in [5, 5.41) is 84.7. The molecule has 6 aromatic rings. The highest BCUT2D eigenvalue weighted by atomic mass is 16.5. The van der Waals surface area contributed by atoms with E-state index < -0.39 is 24.0 Å². The standard InChI is InChI=1S/C42H32O10/c43-26-7-3-21(4-8-26)1-2-22-13-33(49)39-35(14-22)51-41(23-5-9-27(44)10-6-23)37(39)25-17-34(50)40-36(18-25)52-42(31-12-11-28(45)20-32(31)48)38(40)24-15-29(46)19-30(47)16-24/h1-20,37-38,41-50H/b2-1+/t37-,38?,41+,42+/m0/s1. The molecule has 52 heavy (non-hydrogen) atoms. The number of ether oxygens (including phenoxy) is 2. The molecule has 0 saturated carbocycles. The molecule has 8 rings (SSSR count). The molecular formula is C42H32O10. The van der Waals surface area contributed by atoms with Gasteiger partial charge in [-0.2, -0.15) is 0 Å². The van der Waals surface area contributed by atoms with E-state index in [9.17, 15) is 40.9 Å². The van der Waals surface area contributed by atoms with Gasteiger partial charge in [0.25, 0.3) is 0 Å². The predicted octanol–water partition coefficient (Wildman–Crippen LogP) is 8.03. The summed E-state index contributed by atoms with van der Waals surface area (Å²) in [4.78, 5) is 0. The van der Waals surface area contributed by atoms with E-state index >= 15 is 0 Å². The zero-order valence-corrected chi connectivity index (χ0v) is 27.3. The monoisotopic (exact) mass is 696 g/mol. The second-order valence-electron chi connectivity index (χ2n) is 13.0. The number of fused-ring (bicyclic) bond motifs is 2. The van der Waals surface area contributed by atoms with E-state index in [4.69, 9.17) is 9.47 Å². The molecule has 10 nitrogen and oxygen atoms in total. The lowest BCUT2D eigenvalue weighted by Gasteiger charge is -2.22. The third-order valence-corrected chi connectivity index (χ3v) is 9.57. The minimum absolute atomic E-state index is 0.0463. The summed E-state index contributed by atoms with van der Waals surface area (Å²) in [6, 6.07) is 28.0. The van der Waals surface area contributed by atoms with Crippen LogP contribution in [0.2, 0.25) is 0 Å². The summed E-state index contributed by atoms with van der Waals surface area (Å²) in [5.74, 6) is -1.65. The number of phenols is 8. The van der Waals surface area contributed by atoms with E-state index in [-0.39, 0.29) is 51.7 Å². The molecule has 260 valence electrons. The molecule has 2 aliphatic rings. The summed E-state index contributed by atoms with van der Waals surface area (Å²) in [6.07, 6.45) is 2.00. The molecule has 0 radical (unpaired) electrons. The summed E-state index contributed by atoms with van der Waals surface area (Å²) >= 11 is 0. The molecule has 4 atom stereocenters. The Bertz CT molecular complexity index is 2350. The van der Waals surface area contributed by atoms with Crippen molar-refractivity contribution < 1.29 is 50.3 Å². The van der Waals surface area contributed by atoms with E-state index in [2.05, 4.69) is 0 Å². The first-order valence-corrected chi connectivity index (χ1v) is 16.4. The highest BCUT2D eigenvalue weighted by molar-refractivity contribution is 5.73. The van der Waals surface area contributed by atoms with Crippen LogP contribution in [0, 0.1) is 0 Å². The van der Waals surface area contributed by atoms with Crippen LogP contribution in [-0.4, -0.2) is 40.9 Å².